The van der Waals surface area contributed by atoms with Crippen LogP contribution < -0.4 is 15.4 Å². The predicted molar refractivity (Wildman–Crippen MR) is 139 cm³/mol. The summed E-state index contributed by atoms with van der Waals surface area (Å²) in [7, 11) is 3.54. The van der Waals surface area contributed by atoms with Crippen molar-refractivity contribution >= 4 is 40.3 Å². The van der Waals surface area contributed by atoms with Crippen LogP contribution in [0.3, 0.4) is 0 Å². The number of benzene rings is 3. The van der Waals surface area contributed by atoms with Crippen LogP contribution in [0.2, 0.25) is 0 Å². The fourth-order valence-electron chi connectivity index (χ4n) is 3.61. The first kappa shape index (κ1) is 22.5. The summed E-state index contributed by atoms with van der Waals surface area (Å²) in [4.78, 5) is 23.0. The fraction of sp³-hybridized carbons (Fsp3) is 0.0741. The van der Waals surface area contributed by atoms with Crippen molar-refractivity contribution in [3.63, 3.8) is 0 Å². The topological polar surface area (TPSA) is 81.1 Å². The van der Waals surface area contributed by atoms with Gasteiger partial charge in [-0.2, -0.15) is 0 Å². The van der Waals surface area contributed by atoms with Crippen LogP contribution >= 0.6 is 11.8 Å². The van der Waals surface area contributed by atoms with Gasteiger partial charge in [0, 0.05) is 42.2 Å². The van der Waals surface area contributed by atoms with E-state index < -0.39 is 0 Å². The van der Waals surface area contributed by atoms with Crippen LogP contribution in [-0.2, 0) is 7.05 Å². The molecule has 3 aromatic carbocycles. The predicted octanol–water partition coefficient (Wildman–Crippen LogP) is 6.02. The molecule has 0 bridgehead atoms. The minimum absolute atomic E-state index is 0.267. The molecular formula is C27H23N5O2S. The second kappa shape index (κ2) is 9.90. The maximum Gasteiger partial charge on any atom is 0.269 e. The number of hydrogen-bond donors (Lipinski definition) is 2. The van der Waals surface area contributed by atoms with Crippen molar-refractivity contribution < 1.29 is 9.53 Å². The molecular weight excluding hydrogens is 458 g/mol. The number of anilines is 2. The molecule has 0 aliphatic carbocycles. The number of carbonyl (C=O) groups is 1. The molecule has 0 aliphatic rings. The minimum Gasteiger partial charge on any atom is -0.457 e. The number of imidazole rings is 1. The highest BCUT2D eigenvalue weighted by Crippen LogP contribution is 2.35. The Morgan fingerprint density at radius 1 is 0.943 bits per heavy atom. The summed E-state index contributed by atoms with van der Waals surface area (Å²) in [6.07, 6.45) is 1.55. The van der Waals surface area contributed by atoms with Gasteiger partial charge in [-0.15, -0.1) is 0 Å². The summed E-state index contributed by atoms with van der Waals surface area (Å²) in [5, 5.41) is 6.05. The Kier molecular flexibility index (Phi) is 6.36. The molecule has 1 amide bonds. The van der Waals surface area contributed by atoms with E-state index in [0.717, 1.165) is 27.6 Å². The second-order valence-electron chi connectivity index (χ2n) is 7.74. The van der Waals surface area contributed by atoms with Crippen molar-refractivity contribution in [2.45, 2.75) is 9.79 Å². The maximum absolute atomic E-state index is 11.9. The first-order valence-electron chi connectivity index (χ1n) is 11.0. The van der Waals surface area contributed by atoms with Gasteiger partial charge in [-0.1, -0.05) is 42.1 Å². The number of para-hydroxylation sites is 1. The molecule has 5 rings (SSSR count). The van der Waals surface area contributed by atoms with Crippen LogP contribution in [0, 0.1) is 0 Å². The molecule has 0 atom stereocenters. The Morgan fingerprint density at radius 2 is 1.71 bits per heavy atom. The number of carbonyl (C=O) groups excluding carboxylic acids is 1. The number of aromatic nitrogens is 3. The smallest absolute Gasteiger partial charge is 0.269 e. The Labute approximate surface area is 207 Å². The number of pyridine rings is 1. The number of nitrogens with zero attached hydrogens (tertiary/aromatic N) is 3. The van der Waals surface area contributed by atoms with Gasteiger partial charge in [0.25, 0.3) is 5.91 Å². The molecule has 2 aromatic heterocycles. The van der Waals surface area contributed by atoms with Crippen molar-refractivity contribution in [3.05, 3.63) is 96.8 Å². The Balaban J connectivity index is 1.40. The lowest BCUT2D eigenvalue weighted by atomic mass is 10.3. The molecule has 35 heavy (non-hydrogen) atoms. The van der Waals surface area contributed by atoms with E-state index in [-0.39, 0.29) is 5.91 Å². The van der Waals surface area contributed by atoms with Crippen LogP contribution in [0.25, 0.3) is 11.0 Å². The molecule has 0 saturated carbocycles. The largest absolute Gasteiger partial charge is 0.457 e. The zero-order chi connectivity index (χ0) is 24.2. The first-order chi connectivity index (χ1) is 17.1. The molecule has 2 N–H and O–H groups in total. The van der Waals surface area contributed by atoms with E-state index in [2.05, 4.69) is 33.8 Å². The summed E-state index contributed by atoms with van der Waals surface area (Å²) in [6.45, 7) is 0. The average molecular weight is 482 g/mol. The zero-order valence-electron chi connectivity index (χ0n) is 19.2. The van der Waals surface area contributed by atoms with Crippen molar-refractivity contribution in [2.75, 3.05) is 12.4 Å². The number of hydrogen-bond acceptors (Lipinski definition) is 6. The molecule has 0 aliphatic heterocycles. The van der Waals surface area contributed by atoms with Gasteiger partial charge in [0.1, 0.15) is 17.2 Å². The van der Waals surface area contributed by atoms with E-state index in [1.165, 1.54) is 4.90 Å². The maximum atomic E-state index is 11.9. The molecule has 7 nitrogen and oxygen atoms in total. The highest BCUT2D eigenvalue weighted by molar-refractivity contribution is 7.99. The molecule has 2 heterocycles. The van der Waals surface area contributed by atoms with Gasteiger partial charge < -0.3 is 19.9 Å². The third kappa shape index (κ3) is 4.97. The van der Waals surface area contributed by atoms with Crippen LogP contribution in [0.4, 0.5) is 11.6 Å². The highest BCUT2D eigenvalue weighted by atomic mass is 32.2. The molecule has 5 aromatic rings. The van der Waals surface area contributed by atoms with Crippen molar-refractivity contribution in [2.24, 2.45) is 7.05 Å². The number of ether oxygens (including phenoxy) is 1. The first-order valence-corrected chi connectivity index (χ1v) is 11.8. The lowest BCUT2D eigenvalue weighted by molar-refractivity contribution is 0.0958. The van der Waals surface area contributed by atoms with Gasteiger partial charge in [0.15, 0.2) is 0 Å². The molecule has 0 saturated heterocycles. The Bertz CT molecular complexity index is 1500. The highest BCUT2D eigenvalue weighted by Gasteiger charge is 2.13. The van der Waals surface area contributed by atoms with Crippen LogP contribution in [-0.4, -0.2) is 27.5 Å². The summed E-state index contributed by atoms with van der Waals surface area (Å²) < 4.78 is 7.99. The monoisotopic (exact) mass is 481 g/mol. The lowest BCUT2D eigenvalue weighted by Gasteiger charge is -2.11. The Morgan fingerprint density at radius 3 is 2.54 bits per heavy atom. The molecule has 174 valence electrons. The number of rotatable bonds is 7. The van der Waals surface area contributed by atoms with Gasteiger partial charge in [-0.05, 0) is 42.5 Å². The van der Waals surface area contributed by atoms with E-state index in [1.54, 1.807) is 37.1 Å². The van der Waals surface area contributed by atoms with Gasteiger partial charge in [-0.3, -0.25) is 9.78 Å². The van der Waals surface area contributed by atoms with Gasteiger partial charge in [0.05, 0.1) is 16.7 Å². The number of nitrogens with one attached hydrogen (secondary N) is 2. The summed E-state index contributed by atoms with van der Waals surface area (Å²) >= 11 is 1.70. The quantitative estimate of drug-likeness (QED) is 0.296. The molecule has 0 spiro atoms. The second-order valence-corrected chi connectivity index (χ2v) is 8.85. The fourth-order valence-corrected chi connectivity index (χ4v) is 4.54. The molecule has 0 fully saturated rings. The van der Waals surface area contributed by atoms with Crippen LogP contribution in [0.5, 0.6) is 11.5 Å². The molecule has 0 unspecified atom stereocenters. The standard InChI is InChI=1S/C27H23N5O2S/c1-28-26(33)23-17-19(14-15-29-23)34-18-12-13-24-22(16-18)31-27(32(24)2)30-21-10-6-7-11-25(21)35-20-8-4-3-5-9-20/h3-17H,1-2H3,(H,28,33)(H,30,31). The average Bonchev–Trinajstić information content (AvgIpc) is 3.19. The lowest BCUT2D eigenvalue weighted by Crippen LogP contribution is -2.18. The van der Waals surface area contributed by atoms with E-state index in [1.807, 2.05) is 66.2 Å². The van der Waals surface area contributed by atoms with Crippen molar-refractivity contribution in [1.82, 2.24) is 19.9 Å². The summed E-state index contributed by atoms with van der Waals surface area (Å²) in [5.41, 5.74) is 3.03. The van der Waals surface area contributed by atoms with E-state index in [0.29, 0.717) is 17.2 Å². The van der Waals surface area contributed by atoms with Crippen LogP contribution in [0.1, 0.15) is 10.5 Å². The van der Waals surface area contributed by atoms with Crippen LogP contribution in [0.15, 0.2) is 101 Å². The van der Waals surface area contributed by atoms with E-state index in [4.69, 9.17) is 9.72 Å². The zero-order valence-corrected chi connectivity index (χ0v) is 20.0. The SMILES string of the molecule is CNC(=O)c1cc(Oc2ccc3c(c2)nc(Nc2ccccc2Sc2ccccc2)n3C)ccn1. The van der Waals surface area contributed by atoms with E-state index >= 15 is 0 Å². The van der Waals surface area contributed by atoms with Gasteiger partial charge in [-0.25, -0.2) is 4.98 Å². The number of amides is 1. The summed E-state index contributed by atoms with van der Waals surface area (Å²) in [5.74, 6) is 1.61. The number of aryl methyl sites for hydroxylation is 1. The summed E-state index contributed by atoms with van der Waals surface area (Å²) in [6, 6.07) is 27.5. The normalized spacial score (nSPS) is 10.8. The van der Waals surface area contributed by atoms with Crippen molar-refractivity contribution in [3.8, 4) is 11.5 Å². The minimum atomic E-state index is -0.267. The van der Waals surface area contributed by atoms with Gasteiger partial charge in [0.2, 0.25) is 5.95 Å². The van der Waals surface area contributed by atoms with Gasteiger partial charge >= 0.3 is 0 Å². The number of fused-ring (bicyclic) bond motifs is 1. The molecule has 8 heteroatoms. The third-order valence-corrected chi connectivity index (χ3v) is 6.47. The van der Waals surface area contributed by atoms with Crippen molar-refractivity contribution in [1.29, 1.82) is 0 Å². The Hall–Kier alpha value is -4.30. The van der Waals surface area contributed by atoms with E-state index in [9.17, 15) is 4.79 Å². The third-order valence-electron chi connectivity index (χ3n) is 5.38. The molecule has 0 radical (unpaired) electrons.